The molecule has 1 spiro atoms. The molecule has 0 saturated heterocycles. The molecular formula is C35H21N3. The van der Waals surface area contributed by atoms with Gasteiger partial charge in [0.15, 0.2) is 0 Å². The molecule has 3 heteroatoms. The van der Waals surface area contributed by atoms with Crippen LogP contribution in [0.5, 0.6) is 0 Å². The van der Waals surface area contributed by atoms with Crippen LogP contribution in [0, 0.1) is 0 Å². The van der Waals surface area contributed by atoms with E-state index in [0.29, 0.717) is 0 Å². The summed E-state index contributed by atoms with van der Waals surface area (Å²) in [7, 11) is 0. The summed E-state index contributed by atoms with van der Waals surface area (Å²) in [5.41, 5.74) is 12.7. The molecule has 0 aliphatic heterocycles. The number of hydrogen-bond acceptors (Lipinski definition) is 2. The summed E-state index contributed by atoms with van der Waals surface area (Å²) in [6, 6.07) is 41.8. The molecular weight excluding hydrogens is 462 g/mol. The first-order valence-electron chi connectivity index (χ1n) is 13.0. The van der Waals surface area contributed by atoms with Crippen molar-refractivity contribution in [3.63, 3.8) is 0 Å². The summed E-state index contributed by atoms with van der Waals surface area (Å²) in [4.78, 5) is 9.72. The Morgan fingerprint density at radius 2 is 1.13 bits per heavy atom. The fraction of sp³-hybridized carbons (Fsp3) is 0.0286. The van der Waals surface area contributed by atoms with E-state index in [1.165, 1.54) is 60.9 Å². The Morgan fingerprint density at radius 3 is 1.92 bits per heavy atom. The Bertz CT molecular complexity index is 2040. The van der Waals surface area contributed by atoms with Crippen LogP contribution in [-0.4, -0.2) is 14.5 Å². The molecule has 3 nitrogen and oxygen atoms in total. The zero-order valence-corrected chi connectivity index (χ0v) is 20.5. The van der Waals surface area contributed by atoms with Gasteiger partial charge in [-0.2, -0.15) is 0 Å². The normalized spacial score (nSPS) is 14.0. The summed E-state index contributed by atoms with van der Waals surface area (Å²) in [5, 5.41) is 2.54. The van der Waals surface area contributed by atoms with Gasteiger partial charge in [-0.15, -0.1) is 0 Å². The van der Waals surface area contributed by atoms with E-state index in [1.807, 2.05) is 12.4 Å². The Morgan fingerprint density at radius 1 is 0.474 bits per heavy atom. The van der Waals surface area contributed by atoms with Gasteiger partial charge in [0.1, 0.15) is 0 Å². The van der Waals surface area contributed by atoms with Gasteiger partial charge in [-0.25, -0.2) is 0 Å². The lowest BCUT2D eigenvalue weighted by atomic mass is 9.71. The van der Waals surface area contributed by atoms with E-state index in [2.05, 4.69) is 120 Å². The summed E-state index contributed by atoms with van der Waals surface area (Å²) in [5.74, 6) is 0. The monoisotopic (exact) mass is 483 g/mol. The van der Waals surface area contributed by atoms with Crippen LogP contribution in [0.25, 0.3) is 50.0 Å². The molecule has 7 aromatic rings. The van der Waals surface area contributed by atoms with Gasteiger partial charge in [-0.1, -0.05) is 72.8 Å². The van der Waals surface area contributed by atoms with Crippen LogP contribution >= 0.6 is 0 Å². The van der Waals surface area contributed by atoms with Crippen molar-refractivity contribution in [3.8, 4) is 28.2 Å². The maximum Gasteiger partial charge on any atom is 0.0937 e. The molecule has 4 aromatic carbocycles. The lowest BCUT2D eigenvalue weighted by Gasteiger charge is -2.29. The minimum Gasteiger partial charge on any atom is -0.309 e. The van der Waals surface area contributed by atoms with Crippen LogP contribution in [0.3, 0.4) is 0 Å². The molecule has 176 valence electrons. The summed E-state index contributed by atoms with van der Waals surface area (Å²) in [6.45, 7) is 0. The Hall–Kier alpha value is -5.02. The van der Waals surface area contributed by atoms with Crippen molar-refractivity contribution in [2.24, 2.45) is 0 Å². The number of hydrogen-bond donors (Lipinski definition) is 0. The summed E-state index contributed by atoms with van der Waals surface area (Å²) in [6.07, 6.45) is 3.77. The van der Waals surface area contributed by atoms with Gasteiger partial charge in [0.2, 0.25) is 0 Å². The first kappa shape index (κ1) is 20.1. The molecule has 0 unspecified atom stereocenters. The molecule has 0 amide bonds. The Labute approximate surface area is 219 Å². The van der Waals surface area contributed by atoms with E-state index in [4.69, 9.17) is 9.97 Å². The Balaban J connectivity index is 1.50. The molecule has 2 aliphatic rings. The van der Waals surface area contributed by atoms with Gasteiger partial charge in [-0.05, 0) is 75.8 Å². The molecule has 3 aromatic heterocycles. The Kier molecular flexibility index (Phi) is 3.73. The predicted molar refractivity (Wildman–Crippen MR) is 153 cm³/mol. The third-order valence-electron chi connectivity index (χ3n) is 8.50. The van der Waals surface area contributed by atoms with Crippen molar-refractivity contribution in [2.45, 2.75) is 5.41 Å². The van der Waals surface area contributed by atoms with E-state index >= 15 is 0 Å². The van der Waals surface area contributed by atoms with Crippen LogP contribution in [0.15, 0.2) is 128 Å². The largest absolute Gasteiger partial charge is 0.309 e. The third kappa shape index (κ3) is 2.26. The van der Waals surface area contributed by atoms with Crippen molar-refractivity contribution in [1.29, 1.82) is 0 Å². The highest BCUT2D eigenvalue weighted by molar-refractivity contribution is 6.12. The minimum atomic E-state index is -0.453. The minimum absolute atomic E-state index is 0.453. The van der Waals surface area contributed by atoms with E-state index in [9.17, 15) is 0 Å². The maximum absolute atomic E-state index is 4.86. The molecule has 9 rings (SSSR count). The highest BCUT2D eigenvalue weighted by Gasteiger charge is 2.53. The predicted octanol–water partition coefficient (Wildman–Crippen LogP) is 7.92. The maximum atomic E-state index is 4.86. The topological polar surface area (TPSA) is 30.7 Å². The van der Waals surface area contributed by atoms with Crippen LogP contribution in [0.4, 0.5) is 0 Å². The average molecular weight is 484 g/mol. The zero-order valence-electron chi connectivity index (χ0n) is 20.5. The van der Waals surface area contributed by atoms with Gasteiger partial charge in [0.25, 0.3) is 0 Å². The average Bonchev–Trinajstić information content (AvgIpc) is 3.58. The van der Waals surface area contributed by atoms with Crippen molar-refractivity contribution >= 4 is 21.8 Å². The SMILES string of the molecule is c1ccc(-n2c3ccccc3c3cc4c(cc32)C2(c3ccccc3-4)c3cccnc3-c3ncccc32)cc1. The van der Waals surface area contributed by atoms with Crippen LogP contribution < -0.4 is 0 Å². The summed E-state index contributed by atoms with van der Waals surface area (Å²) >= 11 is 0. The number of rotatable bonds is 1. The molecule has 3 heterocycles. The smallest absolute Gasteiger partial charge is 0.0937 e. The van der Waals surface area contributed by atoms with Crippen molar-refractivity contribution in [3.05, 3.63) is 150 Å². The highest BCUT2D eigenvalue weighted by Crippen LogP contribution is 2.62. The molecule has 38 heavy (non-hydrogen) atoms. The summed E-state index contributed by atoms with van der Waals surface area (Å²) < 4.78 is 2.41. The molecule has 0 atom stereocenters. The second-order valence-electron chi connectivity index (χ2n) is 10.2. The number of pyridine rings is 2. The van der Waals surface area contributed by atoms with E-state index in [1.54, 1.807) is 0 Å². The number of para-hydroxylation sites is 2. The molecule has 0 fully saturated rings. The second kappa shape index (κ2) is 7.05. The van der Waals surface area contributed by atoms with Gasteiger partial charge in [-0.3, -0.25) is 9.97 Å². The van der Waals surface area contributed by atoms with Crippen LogP contribution in [0.2, 0.25) is 0 Å². The van der Waals surface area contributed by atoms with Gasteiger partial charge < -0.3 is 4.57 Å². The number of nitrogens with zero attached hydrogens (tertiary/aromatic N) is 3. The van der Waals surface area contributed by atoms with Gasteiger partial charge in [0, 0.05) is 28.9 Å². The van der Waals surface area contributed by atoms with Crippen LogP contribution in [-0.2, 0) is 5.41 Å². The van der Waals surface area contributed by atoms with E-state index in [-0.39, 0.29) is 0 Å². The zero-order chi connectivity index (χ0) is 24.8. The lowest BCUT2D eigenvalue weighted by molar-refractivity contribution is 0.790. The van der Waals surface area contributed by atoms with Gasteiger partial charge >= 0.3 is 0 Å². The molecule has 2 aliphatic carbocycles. The van der Waals surface area contributed by atoms with Crippen molar-refractivity contribution in [2.75, 3.05) is 0 Å². The fourth-order valence-electron chi connectivity index (χ4n) is 7.11. The van der Waals surface area contributed by atoms with E-state index < -0.39 is 5.41 Å². The van der Waals surface area contributed by atoms with Gasteiger partial charge in [0.05, 0.1) is 27.8 Å². The molecule has 0 saturated carbocycles. The number of aromatic nitrogens is 3. The van der Waals surface area contributed by atoms with Crippen molar-refractivity contribution < 1.29 is 0 Å². The number of fused-ring (bicyclic) bond motifs is 13. The third-order valence-corrected chi connectivity index (χ3v) is 8.50. The quantitative estimate of drug-likeness (QED) is 0.237. The first-order valence-corrected chi connectivity index (χ1v) is 13.0. The number of benzene rings is 4. The second-order valence-corrected chi connectivity index (χ2v) is 10.2. The molecule has 0 bridgehead atoms. The van der Waals surface area contributed by atoms with E-state index in [0.717, 1.165) is 11.4 Å². The highest BCUT2D eigenvalue weighted by atomic mass is 15.0. The lowest BCUT2D eigenvalue weighted by Crippen LogP contribution is -2.26. The van der Waals surface area contributed by atoms with Crippen LogP contribution in [0.1, 0.15) is 22.3 Å². The fourth-order valence-corrected chi connectivity index (χ4v) is 7.11. The first-order chi connectivity index (χ1) is 18.9. The molecule has 0 N–H and O–H groups in total. The standard InChI is InChI=1S/C35H21N3/c1-2-10-22(11-3-1)38-31-17-7-5-13-24(31)26-20-25-23-12-4-6-14-27(23)35(30(25)21-32(26)38)28-15-8-18-36-33(28)34-29(35)16-9-19-37-34/h1-21H. The molecule has 0 radical (unpaired) electrons. The van der Waals surface area contributed by atoms with Crippen molar-refractivity contribution in [1.82, 2.24) is 14.5 Å².